The van der Waals surface area contributed by atoms with Crippen molar-refractivity contribution in [1.82, 2.24) is 5.06 Å². The molecule has 16 heavy (non-hydrogen) atoms. The highest BCUT2D eigenvalue weighted by Gasteiger charge is 1.99. The maximum absolute atomic E-state index is 9.48. The smallest absolute Gasteiger partial charge is 0.0238 e. The Bertz CT molecular complexity index is 100. The molecule has 0 radical (unpaired) electrons. The third-order valence-corrected chi connectivity index (χ3v) is 2.54. The molecule has 4 heteroatoms. The Kier molecular flexibility index (Phi) is 19.6. The first kappa shape index (κ1) is 18.2. The molecule has 0 saturated heterocycles. The van der Waals surface area contributed by atoms with Crippen LogP contribution in [0, 0.1) is 0 Å². The predicted molar refractivity (Wildman–Crippen MR) is 70.0 cm³/mol. The maximum atomic E-state index is 9.48. The van der Waals surface area contributed by atoms with Crippen LogP contribution in [0.5, 0.6) is 0 Å². The van der Waals surface area contributed by atoms with Crippen LogP contribution in [0.4, 0.5) is 0 Å². The molecule has 4 nitrogen and oxygen atoms in total. The van der Waals surface area contributed by atoms with E-state index in [9.17, 15) is 5.21 Å². The topological polar surface area (TPSA) is 75.5 Å². The maximum Gasteiger partial charge on any atom is 0.0238 e. The Morgan fingerprint density at radius 3 is 1.44 bits per heavy atom. The lowest BCUT2D eigenvalue weighted by Crippen LogP contribution is -2.21. The van der Waals surface area contributed by atoms with Gasteiger partial charge in [0, 0.05) is 13.1 Å². The van der Waals surface area contributed by atoms with Gasteiger partial charge in [-0.25, -0.2) is 0 Å². The molecule has 0 fully saturated rings. The van der Waals surface area contributed by atoms with Gasteiger partial charge in [-0.05, 0) is 12.8 Å². The molecule has 0 bridgehead atoms. The largest absolute Gasteiger partial charge is 0.314 e. The van der Waals surface area contributed by atoms with Gasteiger partial charge in [0.1, 0.15) is 0 Å². The molecule has 0 atom stereocenters. The monoisotopic (exact) mass is 233 g/mol. The van der Waals surface area contributed by atoms with Gasteiger partial charge < -0.3 is 5.21 Å². The molecule has 5 N–H and O–H groups in total. The van der Waals surface area contributed by atoms with Crippen molar-refractivity contribution in [3.63, 3.8) is 0 Å². The minimum absolute atomic E-state index is 0.853. The van der Waals surface area contributed by atoms with E-state index in [4.69, 9.17) is 0 Å². The van der Waals surface area contributed by atoms with Crippen molar-refractivity contribution in [1.29, 1.82) is 0 Å². The van der Waals surface area contributed by atoms with E-state index in [2.05, 4.69) is 25.5 Å². The summed E-state index contributed by atoms with van der Waals surface area (Å²) in [6.07, 6.45) is 9.90. The van der Waals surface area contributed by atoms with E-state index in [1.54, 1.807) is 0 Å². The van der Waals surface area contributed by atoms with Gasteiger partial charge in [-0.15, -0.1) is 0 Å². The first-order chi connectivity index (χ1) is 7.81. The van der Waals surface area contributed by atoms with Crippen LogP contribution in [0.3, 0.4) is 0 Å². The zero-order valence-electron chi connectivity index (χ0n) is 11.1. The second-order valence-corrected chi connectivity index (χ2v) is 4.07. The summed E-state index contributed by atoms with van der Waals surface area (Å²) in [5, 5.41) is 11.0. The molecule has 0 aromatic carbocycles. The number of nitrogens with zero attached hydrogens (tertiary/aromatic N) is 1. The summed E-state index contributed by atoms with van der Waals surface area (Å²) in [5.41, 5.74) is 0. The second kappa shape index (κ2) is 17.2. The van der Waals surface area contributed by atoms with E-state index in [-0.39, 0.29) is 0 Å². The molecule has 0 amide bonds. The highest BCUT2D eigenvalue weighted by molar-refractivity contribution is 4.49. The van der Waals surface area contributed by atoms with Crippen LogP contribution in [0.15, 0.2) is 0 Å². The standard InChI is InChI=1S/C12H27NO.H4N2/c1-3-5-7-9-11-13(14)12-10-8-6-4-2;1-2/h14H,3-12H2,1-2H3;1-2H2. The fraction of sp³-hybridized carbons (Fsp3) is 1.00. The molecule has 0 rings (SSSR count). The number of nitrogens with two attached hydrogens (primary N) is 2. The molecule has 0 aliphatic carbocycles. The average Bonchev–Trinajstić information content (AvgIpc) is 2.33. The molecular weight excluding hydrogens is 202 g/mol. The summed E-state index contributed by atoms with van der Waals surface area (Å²) in [6, 6.07) is 0. The normalized spacial score (nSPS) is 10.1. The number of rotatable bonds is 10. The van der Waals surface area contributed by atoms with Crippen molar-refractivity contribution in [2.24, 2.45) is 11.7 Å². The van der Waals surface area contributed by atoms with Crippen LogP contribution in [0.2, 0.25) is 0 Å². The molecule has 0 saturated carbocycles. The molecule has 0 aromatic rings. The van der Waals surface area contributed by atoms with Gasteiger partial charge in [0.25, 0.3) is 0 Å². The van der Waals surface area contributed by atoms with Crippen LogP contribution < -0.4 is 11.7 Å². The number of hydrogen-bond donors (Lipinski definition) is 3. The van der Waals surface area contributed by atoms with Crippen molar-refractivity contribution < 1.29 is 5.21 Å². The van der Waals surface area contributed by atoms with Gasteiger partial charge in [0.15, 0.2) is 0 Å². The third-order valence-electron chi connectivity index (χ3n) is 2.54. The lowest BCUT2D eigenvalue weighted by molar-refractivity contribution is -0.0924. The molecule has 0 aliphatic rings. The number of hydrazine groups is 1. The quantitative estimate of drug-likeness (QED) is 0.308. The Morgan fingerprint density at radius 2 is 1.12 bits per heavy atom. The summed E-state index contributed by atoms with van der Waals surface area (Å²) >= 11 is 0. The molecule has 0 aromatic heterocycles. The van der Waals surface area contributed by atoms with Crippen LogP contribution in [0.1, 0.15) is 65.2 Å². The summed E-state index contributed by atoms with van der Waals surface area (Å²) in [5.74, 6) is 8.00. The lowest BCUT2D eigenvalue weighted by atomic mass is 10.2. The van der Waals surface area contributed by atoms with E-state index in [1.165, 1.54) is 43.6 Å². The first-order valence-electron chi connectivity index (χ1n) is 6.58. The van der Waals surface area contributed by atoms with Gasteiger partial charge >= 0.3 is 0 Å². The zero-order chi connectivity index (χ0) is 12.6. The number of hydroxylamine groups is 2. The second-order valence-electron chi connectivity index (χ2n) is 4.07. The summed E-state index contributed by atoms with van der Waals surface area (Å²) in [4.78, 5) is 0. The predicted octanol–water partition coefficient (Wildman–Crippen LogP) is 2.66. The van der Waals surface area contributed by atoms with Crippen LogP contribution in [0.25, 0.3) is 0 Å². The number of unbranched alkanes of at least 4 members (excludes halogenated alkanes) is 6. The van der Waals surface area contributed by atoms with E-state index in [1.807, 2.05) is 0 Å². The molecule has 0 aliphatic heterocycles. The summed E-state index contributed by atoms with van der Waals surface area (Å²) in [7, 11) is 0. The van der Waals surface area contributed by atoms with Gasteiger partial charge in [0.2, 0.25) is 0 Å². The Hall–Kier alpha value is -0.160. The van der Waals surface area contributed by atoms with Crippen LogP contribution >= 0.6 is 0 Å². The Morgan fingerprint density at radius 1 is 0.750 bits per heavy atom. The van der Waals surface area contributed by atoms with Crippen molar-refractivity contribution in [2.75, 3.05) is 13.1 Å². The first-order valence-corrected chi connectivity index (χ1v) is 6.58. The Labute approximate surface area is 101 Å². The van der Waals surface area contributed by atoms with Gasteiger partial charge in [-0.3, -0.25) is 11.7 Å². The fourth-order valence-electron chi connectivity index (χ4n) is 1.55. The molecule has 100 valence electrons. The molecule has 0 heterocycles. The highest BCUT2D eigenvalue weighted by Crippen LogP contribution is 2.03. The zero-order valence-corrected chi connectivity index (χ0v) is 11.1. The van der Waals surface area contributed by atoms with Crippen molar-refractivity contribution in [3.8, 4) is 0 Å². The van der Waals surface area contributed by atoms with Crippen LogP contribution in [-0.2, 0) is 0 Å². The van der Waals surface area contributed by atoms with E-state index in [0.717, 1.165) is 25.9 Å². The SMILES string of the molecule is CCCCCCN(O)CCCCCC.NN. The molecular formula is C12H31N3O. The van der Waals surface area contributed by atoms with Crippen molar-refractivity contribution in [3.05, 3.63) is 0 Å². The Balaban J connectivity index is 0. The van der Waals surface area contributed by atoms with Crippen LogP contribution in [-0.4, -0.2) is 23.4 Å². The third kappa shape index (κ3) is 16.3. The van der Waals surface area contributed by atoms with Crippen molar-refractivity contribution in [2.45, 2.75) is 65.2 Å². The lowest BCUT2D eigenvalue weighted by Gasteiger charge is -2.13. The average molecular weight is 233 g/mol. The molecule has 0 spiro atoms. The van der Waals surface area contributed by atoms with Gasteiger partial charge in [0.05, 0.1) is 0 Å². The minimum atomic E-state index is 0.853. The number of hydrogen-bond acceptors (Lipinski definition) is 4. The summed E-state index contributed by atoms with van der Waals surface area (Å²) in [6.45, 7) is 6.13. The minimum Gasteiger partial charge on any atom is -0.314 e. The van der Waals surface area contributed by atoms with Crippen molar-refractivity contribution >= 4 is 0 Å². The molecule has 0 unspecified atom stereocenters. The van der Waals surface area contributed by atoms with Gasteiger partial charge in [-0.2, -0.15) is 5.06 Å². The summed E-state index contributed by atoms with van der Waals surface area (Å²) < 4.78 is 0. The van der Waals surface area contributed by atoms with E-state index < -0.39 is 0 Å². The van der Waals surface area contributed by atoms with E-state index in [0.29, 0.717) is 0 Å². The van der Waals surface area contributed by atoms with E-state index >= 15 is 0 Å². The van der Waals surface area contributed by atoms with Gasteiger partial charge in [-0.1, -0.05) is 52.4 Å². The highest BCUT2D eigenvalue weighted by atomic mass is 16.5. The fourth-order valence-corrected chi connectivity index (χ4v) is 1.55.